The molecule has 0 fully saturated rings. The van der Waals surface area contributed by atoms with Gasteiger partial charge < -0.3 is 20.4 Å². The summed E-state index contributed by atoms with van der Waals surface area (Å²) in [7, 11) is 0. The third-order valence-corrected chi connectivity index (χ3v) is 4.30. The fourth-order valence-corrected chi connectivity index (χ4v) is 2.66. The quantitative estimate of drug-likeness (QED) is 0.394. The van der Waals surface area contributed by atoms with E-state index in [-0.39, 0.29) is 12.8 Å². The number of aliphatic hydroxyl groups is 3. The normalized spacial score (nSPS) is 15.3. The highest BCUT2D eigenvalue weighted by atomic mass is 16.4. The Balaban J connectivity index is 2.54. The molecule has 1 aromatic carbocycles. The molecule has 150 valence electrons. The topological polar surface area (TPSA) is 98.0 Å². The lowest BCUT2D eigenvalue weighted by atomic mass is 10.0. The summed E-state index contributed by atoms with van der Waals surface area (Å²) in [5.74, 6) is -0.910. The summed E-state index contributed by atoms with van der Waals surface area (Å²) in [6.45, 7) is 2.13. The minimum absolute atomic E-state index is 0.0217. The highest BCUT2D eigenvalue weighted by Gasteiger charge is 2.13. The molecule has 0 radical (unpaired) electrons. The van der Waals surface area contributed by atoms with Gasteiger partial charge in [0.2, 0.25) is 0 Å². The van der Waals surface area contributed by atoms with E-state index < -0.39 is 24.3 Å². The molecular formula is C22H32O5. The molecule has 0 bridgehead atoms. The molecule has 1 rings (SSSR count). The molecule has 5 nitrogen and oxygen atoms in total. The first kappa shape index (κ1) is 23.1. The number of hydrogen-bond acceptors (Lipinski definition) is 4. The first-order chi connectivity index (χ1) is 12.9. The maximum Gasteiger partial charge on any atom is 0.303 e. The summed E-state index contributed by atoms with van der Waals surface area (Å²) in [5, 5.41) is 38.4. The van der Waals surface area contributed by atoms with Crippen molar-refractivity contribution in [3.8, 4) is 0 Å². The summed E-state index contributed by atoms with van der Waals surface area (Å²) in [6, 6.07) is 7.63. The van der Waals surface area contributed by atoms with Crippen LogP contribution in [0.4, 0.5) is 0 Å². The Morgan fingerprint density at radius 2 is 1.67 bits per heavy atom. The first-order valence-corrected chi connectivity index (χ1v) is 9.64. The van der Waals surface area contributed by atoms with Gasteiger partial charge in [-0.2, -0.15) is 0 Å². The Morgan fingerprint density at radius 3 is 2.30 bits per heavy atom. The minimum Gasteiger partial charge on any atom is -0.481 e. The van der Waals surface area contributed by atoms with Crippen molar-refractivity contribution in [1.29, 1.82) is 0 Å². The fraction of sp³-hybridized carbons (Fsp3) is 0.500. The largest absolute Gasteiger partial charge is 0.481 e. The summed E-state index contributed by atoms with van der Waals surface area (Å²) in [5.41, 5.74) is 1.82. The zero-order chi connectivity index (χ0) is 20.1. The fourth-order valence-electron chi connectivity index (χ4n) is 2.66. The van der Waals surface area contributed by atoms with Crippen molar-refractivity contribution in [2.45, 2.75) is 70.2 Å². The van der Waals surface area contributed by atoms with E-state index >= 15 is 0 Å². The molecule has 0 aromatic heterocycles. The number of unbranched alkanes of at least 4 members (excludes halogenated alkanes) is 2. The van der Waals surface area contributed by atoms with Gasteiger partial charge in [0.05, 0.1) is 18.3 Å². The molecule has 0 spiro atoms. The second kappa shape index (κ2) is 13.3. The third kappa shape index (κ3) is 10.7. The minimum atomic E-state index is -1.04. The predicted octanol–water partition coefficient (Wildman–Crippen LogP) is 3.63. The van der Waals surface area contributed by atoms with E-state index in [0.717, 1.165) is 36.8 Å². The van der Waals surface area contributed by atoms with E-state index in [4.69, 9.17) is 5.11 Å². The molecule has 5 heteroatoms. The lowest BCUT2D eigenvalue weighted by Crippen LogP contribution is -2.23. The molecule has 0 aliphatic rings. The molecule has 1 aromatic rings. The van der Waals surface area contributed by atoms with Gasteiger partial charge in [-0.3, -0.25) is 4.79 Å². The van der Waals surface area contributed by atoms with Crippen LogP contribution in [0.3, 0.4) is 0 Å². The Bertz CT molecular complexity index is 608. The highest BCUT2D eigenvalue weighted by molar-refractivity contribution is 5.66. The monoisotopic (exact) mass is 376 g/mol. The zero-order valence-electron chi connectivity index (χ0n) is 16.0. The number of hydrogen-bond donors (Lipinski definition) is 4. The van der Waals surface area contributed by atoms with E-state index in [2.05, 4.69) is 6.92 Å². The maximum atomic E-state index is 10.5. The summed E-state index contributed by atoms with van der Waals surface area (Å²) < 4.78 is 0. The van der Waals surface area contributed by atoms with Gasteiger partial charge >= 0.3 is 5.97 Å². The smallest absolute Gasteiger partial charge is 0.303 e. The van der Waals surface area contributed by atoms with Crippen molar-refractivity contribution in [2.75, 3.05) is 0 Å². The molecule has 3 atom stereocenters. The van der Waals surface area contributed by atoms with Crippen LogP contribution >= 0.6 is 0 Å². The molecule has 0 aliphatic carbocycles. The summed E-state index contributed by atoms with van der Waals surface area (Å²) in [4.78, 5) is 10.5. The van der Waals surface area contributed by atoms with Crippen LogP contribution in [0.2, 0.25) is 0 Å². The maximum absolute atomic E-state index is 10.5. The number of carboxylic acids is 1. The van der Waals surface area contributed by atoms with Crippen LogP contribution in [0.25, 0.3) is 12.2 Å². The number of rotatable bonds is 13. The third-order valence-electron chi connectivity index (χ3n) is 4.30. The Labute approximate surface area is 161 Å². The van der Waals surface area contributed by atoms with Crippen molar-refractivity contribution in [3.05, 3.63) is 47.5 Å². The number of benzene rings is 1. The van der Waals surface area contributed by atoms with E-state index in [9.17, 15) is 20.1 Å². The van der Waals surface area contributed by atoms with Gasteiger partial charge in [0.15, 0.2) is 0 Å². The van der Waals surface area contributed by atoms with Crippen LogP contribution in [0.5, 0.6) is 0 Å². The average Bonchev–Trinajstić information content (AvgIpc) is 2.64. The Hall–Kier alpha value is -1.95. The lowest BCUT2D eigenvalue weighted by molar-refractivity contribution is -0.137. The van der Waals surface area contributed by atoms with Crippen molar-refractivity contribution < 1.29 is 25.2 Å². The van der Waals surface area contributed by atoms with Gasteiger partial charge in [0.25, 0.3) is 0 Å². The number of carbonyl (C=O) groups is 1. The van der Waals surface area contributed by atoms with E-state index in [1.54, 1.807) is 12.2 Å². The molecule has 0 saturated carbocycles. The van der Waals surface area contributed by atoms with Gasteiger partial charge in [-0.15, -0.1) is 0 Å². The standard InChI is InChI=1S/C22H32O5/c1-2-3-4-9-19(23)14-12-17-7-5-8-18(16-17)13-15-21(25)20(24)10-6-11-22(26)27/h5,7-8,12-16,19-21,23-25H,2-4,6,9-11H2,1H3,(H,26,27)/b14-12+,15-13+/t19-,20+,21-/m1/s1. The van der Waals surface area contributed by atoms with Gasteiger partial charge in [-0.25, -0.2) is 0 Å². The van der Waals surface area contributed by atoms with Gasteiger partial charge in [0.1, 0.15) is 0 Å². The molecule has 4 N–H and O–H groups in total. The highest BCUT2D eigenvalue weighted by Crippen LogP contribution is 2.13. The van der Waals surface area contributed by atoms with E-state index in [1.165, 1.54) is 6.08 Å². The van der Waals surface area contributed by atoms with Gasteiger partial charge in [-0.1, -0.05) is 68.7 Å². The second-order valence-electron chi connectivity index (χ2n) is 6.80. The average molecular weight is 376 g/mol. The zero-order valence-corrected chi connectivity index (χ0v) is 16.0. The summed E-state index contributed by atoms with van der Waals surface area (Å²) in [6.07, 6.45) is 8.98. The van der Waals surface area contributed by atoms with Crippen LogP contribution in [0.1, 0.15) is 63.0 Å². The van der Waals surface area contributed by atoms with Crippen molar-refractivity contribution in [2.24, 2.45) is 0 Å². The Morgan fingerprint density at radius 1 is 1.00 bits per heavy atom. The van der Waals surface area contributed by atoms with Gasteiger partial charge in [-0.05, 0) is 36.5 Å². The van der Waals surface area contributed by atoms with Crippen LogP contribution in [0.15, 0.2) is 36.4 Å². The molecule has 0 saturated heterocycles. The SMILES string of the molecule is CCCCC[C@@H](O)/C=C/c1cccc(/C=C/[C@@H](O)[C@@H](O)CCCC(=O)O)c1. The van der Waals surface area contributed by atoms with Crippen LogP contribution in [-0.2, 0) is 4.79 Å². The molecule has 0 aliphatic heterocycles. The molecule has 27 heavy (non-hydrogen) atoms. The molecule has 0 heterocycles. The van der Waals surface area contributed by atoms with Crippen LogP contribution in [-0.4, -0.2) is 44.7 Å². The van der Waals surface area contributed by atoms with E-state index in [1.807, 2.05) is 30.3 Å². The van der Waals surface area contributed by atoms with Crippen molar-refractivity contribution in [1.82, 2.24) is 0 Å². The molecule has 0 unspecified atom stereocenters. The van der Waals surface area contributed by atoms with Gasteiger partial charge in [0, 0.05) is 6.42 Å². The predicted molar refractivity (Wildman–Crippen MR) is 108 cm³/mol. The number of aliphatic hydroxyl groups excluding tert-OH is 3. The number of carboxylic acid groups (broad SMARTS) is 1. The first-order valence-electron chi connectivity index (χ1n) is 9.64. The van der Waals surface area contributed by atoms with Crippen molar-refractivity contribution >= 4 is 18.1 Å². The lowest BCUT2D eigenvalue weighted by Gasteiger charge is -2.13. The number of aliphatic carboxylic acids is 1. The van der Waals surface area contributed by atoms with Crippen molar-refractivity contribution in [3.63, 3.8) is 0 Å². The van der Waals surface area contributed by atoms with E-state index in [0.29, 0.717) is 6.42 Å². The second-order valence-corrected chi connectivity index (χ2v) is 6.80. The molecule has 0 amide bonds. The molecular weight excluding hydrogens is 344 g/mol. The van der Waals surface area contributed by atoms with Crippen LogP contribution in [0, 0.1) is 0 Å². The van der Waals surface area contributed by atoms with Crippen LogP contribution < -0.4 is 0 Å². The Kier molecular flexibility index (Phi) is 11.3. The summed E-state index contributed by atoms with van der Waals surface area (Å²) >= 11 is 0.